The third-order valence-electron chi connectivity index (χ3n) is 3.17. The fraction of sp³-hybridized carbons (Fsp3) is 0.533. The summed E-state index contributed by atoms with van der Waals surface area (Å²) in [7, 11) is 3.93. The fourth-order valence-corrected chi connectivity index (χ4v) is 1.78. The van der Waals surface area contributed by atoms with E-state index in [1.54, 1.807) is 0 Å². The number of amides is 2. The fourth-order valence-electron chi connectivity index (χ4n) is 1.78. The van der Waals surface area contributed by atoms with E-state index in [2.05, 4.69) is 16.7 Å². The zero-order chi connectivity index (χ0) is 15.1. The second-order valence-corrected chi connectivity index (χ2v) is 5.18. The van der Waals surface area contributed by atoms with E-state index in [-0.39, 0.29) is 12.8 Å². The lowest BCUT2D eigenvalue weighted by Gasteiger charge is -2.15. The maximum atomic E-state index is 11.5. The topological polar surface area (TPSA) is 53.6 Å². The van der Waals surface area contributed by atoms with Gasteiger partial charge < -0.3 is 20.3 Å². The molecule has 1 aromatic carbocycles. The van der Waals surface area contributed by atoms with Crippen LogP contribution in [0.2, 0.25) is 0 Å². The van der Waals surface area contributed by atoms with Crippen molar-refractivity contribution in [3.8, 4) is 5.75 Å². The summed E-state index contributed by atoms with van der Waals surface area (Å²) in [5.74, 6) is 0.846. The number of carbonyl (C=O) groups is 1. The van der Waals surface area contributed by atoms with E-state index in [9.17, 15) is 4.79 Å². The van der Waals surface area contributed by atoms with Gasteiger partial charge in [-0.15, -0.1) is 0 Å². The van der Waals surface area contributed by atoms with Crippen molar-refractivity contribution in [2.24, 2.45) is 0 Å². The number of nitrogens with one attached hydrogen (secondary N) is 2. The molecule has 0 radical (unpaired) electrons. The molecule has 1 aromatic rings. The Morgan fingerprint density at radius 3 is 2.45 bits per heavy atom. The molecule has 0 unspecified atom stereocenters. The van der Waals surface area contributed by atoms with Crippen LogP contribution >= 0.6 is 0 Å². The first-order valence-electron chi connectivity index (χ1n) is 6.78. The summed E-state index contributed by atoms with van der Waals surface area (Å²) in [5, 5.41) is 5.46. The summed E-state index contributed by atoms with van der Waals surface area (Å²) in [6.45, 7) is 7.65. The van der Waals surface area contributed by atoms with E-state index < -0.39 is 0 Å². The van der Waals surface area contributed by atoms with Gasteiger partial charge in [0.25, 0.3) is 0 Å². The maximum absolute atomic E-state index is 11.5. The van der Waals surface area contributed by atoms with Crippen LogP contribution in [0, 0.1) is 20.8 Å². The maximum Gasteiger partial charge on any atom is 0.317 e. The molecule has 5 heteroatoms. The van der Waals surface area contributed by atoms with Crippen LogP contribution in [-0.2, 0) is 0 Å². The molecule has 2 N–H and O–H groups in total. The van der Waals surface area contributed by atoms with Crippen LogP contribution in [0.5, 0.6) is 5.75 Å². The highest BCUT2D eigenvalue weighted by atomic mass is 16.5. The average molecular weight is 279 g/mol. The van der Waals surface area contributed by atoms with E-state index in [1.807, 2.05) is 45.8 Å². The second-order valence-electron chi connectivity index (χ2n) is 5.18. The Labute approximate surface area is 121 Å². The van der Waals surface area contributed by atoms with Crippen molar-refractivity contribution < 1.29 is 9.53 Å². The molecule has 0 saturated carbocycles. The average Bonchev–Trinajstić information content (AvgIpc) is 2.38. The Hall–Kier alpha value is -1.75. The summed E-state index contributed by atoms with van der Waals surface area (Å²) >= 11 is 0. The Kier molecular flexibility index (Phi) is 6.31. The first-order chi connectivity index (χ1) is 9.41. The molecule has 0 bridgehead atoms. The van der Waals surface area contributed by atoms with Crippen LogP contribution in [0.15, 0.2) is 12.1 Å². The van der Waals surface area contributed by atoms with Crippen LogP contribution in [0.3, 0.4) is 0 Å². The number of ether oxygens (including phenoxy) is 1. The molecular formula is C15H25N3O2. The smallest absolute Gasteiger partial charge is 0.317 e. The molecule has 0 heterocycles. The zero-order valence-corrected chi connectivity index (χ0v) is 13.0. The number of likely N-dealkylation sites (N-methyl/N-ethyl adjacent to an activating group) is 1. The normalized spacial score (nSPS) is 10.5. The van der Waals surface area contributed by atoms with Gasteiger partial charge in [-0.25, -0.2) is 4.79 Å². The summed E-state index contributed by atoms with van der Waals surface area (Å²) in [4.78, 5) is 13.5. The van der Waals surface area contributed by atoms with Crippen molar-refractivity contribution in [3.05, 3.63) is 28.8 Å². The highest BCUT2D eigenvalue weighted by Crippen LogP contribution is 2.25. The van der Waals surface area contributed by atoms with Crippen molar-refractivity contribution in [3.63, 3.8) is 0 Å². The molecule has 0 spiro atoms. The van der Waals surface area contributed by atoms with Gasteiger partial charge in [-0.05, 0) is 51.6 Å². The highest BCUT2D eigenvalue weighted by molar-refractivity contribution is 5.73. The molecule has 0 atom stereocenters. The summed E-state index contributed by atoms with van der Waals surface area (Å²) in [5.41, 5.74) is 3.36. The van der Waals surface area contributed by atoms with Crippen LogP contribution in [-0.4, -0.2) is 44.8 Å². The summed E-state index contributed by atoms with van der Waals surface area (Å²) in [6, 6.07) is 3.88. The van der Waals surface area contributed by atoms with E-state index >= 15 is 0 Å². The monoisotopic (exact) mass is 279 g/mol. The number of benzene rings is 1. The number of hydrogen-bond acceptors (Lipinski definition) is 3. The van der Waals surface area contributed by atoms with Gasteiger partial charge in [-0.1, -0.05) is 12.1 Å². The predicted octanol–water partition coefficient (Wildman–Crippen LogP) is 1.81. The third kappa shape index (κ3) is 5.09. The standard InChI is InChI=1S/C15H25N3O2/c1-11-6-7-12(2)14(13(11)3)20-10-17-15(19)16-8-9-18(4)5/h6-7H,8-10H2,1-5H3,(H2,16,17,19). The van der Waals surface area contributed by atoms with Crippen LogP contribution in [0.1, 0.15) is 16.7 Å². The third-order valence-corrected chi connectivity index (χ3v) is 3.17. The lowest BCUT2D eigenvalue weighted by Crippen LogP contribution is -2.40. The Morgan fingerprint density at radius 2 is 1.80 bits per heavy atom. The Morgan fingerprint density at radius 1 is 1.15 bits per heavy atom. The minimum Gasteiger partial charge on any atom is -0.473 e. The molecule has 1 rings (SSSR count). The molecule has 5 nitrogen and oxygen atoms in total. The van der Waals surface area contributed by atoms with Crippen LogP contribution < -0.4 is 15.4 Å². The van der Waals surface area contributed by atoms with Crippen molar-refractivity contribution in [1.29, 1.82) is 0 Å². The predicted molar refractivity (Wildman–Crippen MR) is 81.2 cm³/mol. The van der Waals surface area contributed by atoms with E-state index in [1.165, 1.54) is 5.56 Å². The molecule has 20 heavy (non-hydrogen) atoms. The molecule has 0 aliphatic rings. The van der Waals surface area contributed by atoms with E-state index in [0.29, 0.717) is 6.54 Å². The van der Waals surface area contributed by atoms with Crippen LogP contribution in [0.25, 0.3) is 0 Å². The number of aryl methyl sites for hydroxylation is 2. The summed E-state index contributed by atoms with van der Waals surface area (Å²) in [6.07, 6.45) is 0. The van der Waals surface area contributed by atoms with Gasteiger partial charge in [0.05, 0.1) is 0 Å². The van der Waals surface area contributed by atoms with Crippen molar-refractivity contribution >= 4 is 6.03 Å². The largest absolute Gasteiger partial charge is 0.473 e. The van der Waals surface area contributed by atoms with Gasteiger partial charge in [0.15, 0.2) is 6.73 Å². The quantitative estimate of drug-likeness (QED) is 0.781. The second kappa shape index (κ2) is 7.75. The van der Waals surface area contributed by atoms with Gasteiger partial charge in [-0.3, -0.25) is 0 Å². The van der Waals surface area contributed by atoms with Gasteiger partial charge in [0.1, 0.15) is 5.75 Å². The molecular weight excluding hydrogens is 254 g/mol. The Bertz CT molecular complexity index is 459. The minimum atomic E-state index is -0.213. The van der Waals surface area contributed by atoms with Gasteiger partial charge in [0, 0.05) is 13.1 Å². The van der Waals surface area contributed by atoms with Gasteiger partial charge >= 0.3 is 6.03 Å². The number of rotatable bonds is 6. The molecule has 0 fully saturated rings. The molecule has 0 saturated heterocycles. The minimum absolute atomic E-state index is 0.166. The van der Waals surface area contributed by atoms with Crippen molar-refractivity contribution in [1.82, 2.24) is 15.5 Å². The van der Waals surface area contributed by atoms with Gasteiger partial charge in [0.2, 0.25) is 0 Å². The molecule has 112 valence electrons. The first-order valence-corrected chi connectivity index (χ1v) is 6.78. The lowest BCUT2D eigenvalue weighted by molar-refractivity contribution is 0.222. The van der Waals surface area contributed by atoms with Crippen LogP contribution in [0.4, 0.5) is 4.79 Å². The number of urea groups is 1. The number of carbonyl (C=O) groups excluding carboxylic acids is 1. The van der Waals surface area contributed by atoms with Gasteiger partial charge in [-0.2, -0.15) is 0 Å². The molecule has 0 aromatic heterocycles. The molecule has 2 amide bonds. The first kappa shape index (κ1) is 16.3. The lowest BCUT2D eigenvalue weighted by atomic mass is 10.1. The molecule has 0 aliphatic heterocycles. The number of hydrogen-bond donors (Lipinski definition) is 2. The Balaban J connectivity index is 2.38. The van der Waals surface area contributed by atoms with Crippen molar-refractivity contribution in [2.45, 2.75) is 20.8 Å². The summed E-state index contributed by atoms with van der Waals surface area (Å²) < 4.78 is 5.66. The SMILES string of the molecule is Cc1ccc(C)c(OCNC(=O)NCCN(C)C)c1C. The van der Waals surface area contributed by atoms with Crippen molar-refractivity contribution in [2.75, 3.05) is 33.9 Å². The number of nitrogens with zero attached hydrogens (tertiary/aromatic N) is 1. The van der Waals surface area contributed by atoms with E-state index in [0.717, 1.165) is 23.4 Å². The van der Waals surface area contributed by atoms with E-state index in [4.69, 9.17) is 4.74 Å². The molecule has 0 aliphatic carbocycles. The zero-order valence-electron chi connectivity index (χ0n) is 13.0. The highest BCUT2D eigenvalue weighted by Gasteiger charge is 2.07.